The van der Waals surface area contributed by atoms with Gasteiger partial charge in [0.1, 0.15) is 5.69 Å². The van der Waals surface area contributed by atoms with Crippen LogP contribution in [0.25, 0.3) is 22.3 Å². The number of aromatic nitrogens is 4. The van der Waals surface area contributed by atoms with Gasteiger partial charge in [-0.05, 0) is 18.2 Å². The number of hydrogen-bond acceptors (Lipinski definition) is 4. The molecule has 3 heterocycles. The molecule has 0 N–H and O–H groups in total. The number of hydrogen-bond donors (Lipinski definition) is 0. The average molecular weight is 311 g/mol. The van der Waals surface area contributed by atoms with Gasteiger partial charge in [-0.15, -0.1) is 5.10 Å². The number of furan rings is 1. The van der Waals surface area contributed by atoms with Crippen molar-refractivity contribution < 1.29 is 4.42 Å². The third kappa shape index (κ3) is 2.35. The van der Waals surface area contributed by atoms with Gasteiger partial charge in [-0.1, -0.05) is 35.0 Å². The van der Waals surface area contributed by atoms with E-state index in [9.17, 15) is 0 Å². The van der Waals surface area contributed by atoms with Crippen LogP contribution in [-0.4, -0.2) is 20.0 Å². The van der Waals surface area contributed by atoms with Crippen molar-refractivity contribution in [3.63, 3.8) is 0 Å². The fourth-order valence-electron chi connectivity index (χ4n) is 2.32. The van der Waals surface area contributed by atoms with Crippen LogP contribution in [0.4, 0.5) is 0 Å². The predicted molar refractivity (Wildman–Crippen MR) is 83.6 cm³/mol. The van der Waals surface area contributed by atoms with Crippen LogP contribution >= 0.6 is 11.6 Å². The molecule has 0 fully saturated rings. The molecular formula is C16H11ClN4O. The summed E-state index contributed by atoms with van der Waals surface area (Å²) in [6.07, 6.45) is 5.19. The summed E-state index contributed by atoms with van der Waals surface area (Å²) in [5.41, 5.74) is 3.27. The summed E-state index contributed by atoms with van der Waals surface area (Å²) < 4.78 is 6.80. The lowest BCUT2D eigenvalue weighted by Crippen LogP contribution is -1.98. The Hall–Kier alpha value is -2.66. The molecule has 0 spiro atoms. The highest BCUT2D eigenvalue weighted by Gasteiger charge is 2.08. The molecule has 6 heteroatoms. The number of benzene rings is 1. The molecule has 0 aliphatic heterocycles. The molecule has 5 nitrogen and oxygen atoms in total. The van der Waals surface area contributed by atoms with Crippen LogP contribution in [0.1, 0.15) is 5.56 Å². The fourth-order valence-corrected chi connectivity index (χ4v) is 2.54. The maximum atomic E-state index is 6.20. The first-order valence-electron chi connectivity index (χ1n) is 6.76. The molecule has 0 unspecified atom stereocenters. The smallest absolute Gasteiger partial charge is 0.131 e. The number of fused-ring (bicyclic) bond motifs is 1. The first-order valence-corrected chi connectivity index (χ1v) is 7.14. The van der Waals surface area contributed by atoms with Gasteiger partial charge in [-0.25, -0.2) is 9.67 Å². The van der Waals surface area contributed by atoms with E-state index in [-0.39, 0.29) is 0 Å². The molecule has 3 aromatic heterocycles. The monoisotopic (exact) mass is 310 g/mol. The molecule has 4 rings (SSSR count). The molecule has 0 saturated carbocycles. The Morgan fingerprint density at radius 2 is 2.05 bits per heavy atom. The lowest BCUT2D eigenvalue weighted by molar-refractivity contribution is 0.558. The quantitative estimate of drug-likeness (QED) is 0.577. The summed E-state index contributed by atoms with van der Waals surface area (Å²) in [7, 11) is 0. The number of nitrogens with zero attached hydrogens (tertiary/aromatic N) is 4. The SMILES string of the molecule is Clc1cccc2ccc(-c3cn(Cc4ccoc4)nn3)nc12. The molecule has 0 saturated heterocycles. The van der Waals surface area contributed by atoms with E-state index in [1.807, 2.05) is 42.6 Å². The molecule has 0 bridgehead atoms. The van der Waals surface area contributed by atoms with Gasteiger partial charge in [0.15, 0.2) is 0 Å². The summed E-state index contributed by atoms with van der Waals surface area (Å²) in [6, 6.07) is 11.5. The van der Waals surface area contributed by atoms with Gasteiger partial charge in [-0.3, -0.25) is 0 Å². The van der Waals surface area contributed by atoms with Gasteiger partial charge >= 0.3 is 0 Å². The van der Waals surface area contributed by atoms with E-state index in [2.05, 4.69) is 15.3 Å². The Morgan fingerprint density at radius 3 is 2.91 bits per heavy atom. The number of rotatable bonds is 3. The number of para-hydroxylation sites is 1. The Bertz CT molecular complexity index is 930. The minimum Gasteiger partial charge on any atom is -0.472 e. The van der Waals surface area contributed by atoms with Gasteiger partial charge in [0.2, 0.25) is 0 Å². The molecule has 1 aromatic carbocycles. The second-order valence-electron chi connectivity index (χ2n) is 4.94. The van der Waals surface area contributed by atoms with Gasteiger partial charge in [-0.2, -0.15) is 0 Å². The van der Waals surface area contributed by atoms with Crippen molar-refractivity contribution >= 4 is 22.5 Å². The summed E-state index contributed by atoms with van der Waals surface area (Å²) in [5.74, 6) is 0. The van der Waals surface area contributed by atoms with Crippen LogP contribution in [0.5, 0.6) is 0 Å². The van der Waals surface area contributed by atoms with Crippen LogP contribution in [0, 0.1) is 0 Å². The highest BCUT2D eigenvalue weighted by molar-refractivity contribution is 6.35. The van der Waals surface area contributed by atoms with Crippen molar-refractivity contribution in [2.75, 3.05) is 0 Å². The summed E-state index contributed by atoms with van der Waals surface area (Å²) >= 11 is 6.20. The second-order valence-corrected chi connectivity index (χ2v) is 5.35. The van der Waals surface area contributed by atoms with Crippen molar-refractivity contribution in [2.24, 2.45) is 0 Å². The molecular weight excluding hydrogens is 300 g/mol. The maximum absolute atomic E-state index is 6.20. The van der Waals surface area contributed by atoms with Crippen molar-refractivity contribution in [1.29, 1.82) is 0 Å². The topological polar surface area (TPSA) is 56.7 Å². The standard InChI is InChI=1S/C16H11ClN4O/c17-13-3-1-2-12-4-5-14(18-16(12)13)15-9-21(20-19-15)8-11-6-7-22-10-11/h1-7,9-10H,8H2. The minimum atomic E-state index is 0.609. The predicted octanol–water partition coefficient (Wildman–Crippen LogP) is 3.79. The van der Waals surface area contributed by atoms with Crippen LogP contribution in [0.2, 0.25) is 5.02 Å². The highest BCUT2D eigenvalue weighted by Crippen LogP contribution is 2.24. The average Bonchev–Trinajstić information content (AvgIpc) is 3.20. The number of halogens is 1. The zero-order chi connectivity index (χ0) is 14.9. The van der Waals surface area contributed by atoms with Crippen molar-refractivity contribution in [2.45, 2.75) is 6.54 Å². The molecule has 0 atom stereocenters. The van der Waals surface area contributed by atoms with E-state index in [4.69, 9.17) is 16.0 Å². The molecule has 0 aliphatic rings. The first kappa shape index (κ1) is 13.0. The van der Waals surface area contributed by atoms with Crippen LogP contribution in [-0.2, 0) is 6.54 Å². The molecule has 22 heavy (non-hydrogen) atoms. The Labute approximate surface area is 131 Å². The first-order chi connectivity index (χ1) is 10.8. The minimum absolute atomic E-state index is 0.609. The van der Waals surface area contributed by atoms with Gasteiger partial charge in [0.05, 0.1) is 41.5 Å². The van der Waals surface area contributed by atoms with Crippen LogP contribution in [0.15, 0.2) is 59.5 Å². The van der Waals surface area contributed by atoms with E-state index in [1.54, 1.807) is 17.2 Å². The van der Waals surface area contributed by atoms with Crippen molar-refractivity contribution in [3.05, 3.63) is 65.7 Å². The van der Waals surface area contributed by atoms with E-state index in [0.29, 0.717) is 17.3 Å². The Kier molecular flexibility index (Phi) is 3.12. The zero-order valence-electron chi connectivity index (χ0n) is 11.5. The Morgan fingerprint density at radius 1 is 1.09 bits per heavy atom. The van der Waals surface area contributed by atoms with Gasteiger partial charge < -0.3 is 4.42 Å². The van der Waals surface area contributed by atoms with Crippen LogP contribution < -0.4 is 0 Å². The van der Waals surface area contributed by atoms with Gasteiger partial charge in [0.25, 0.3) is 0 Å². The van der Waals surface area contributed by atoms with Crippen molar-refractivity contribution in [1.82, 2.24) is 20.0 Å². The lowest BCUT2D eigenvalue weighted by atomic mass is 10.2. The molecule has 0 amide bonds. The normalized spacial score (nSPS) is 11.1. The highest BCUT2D eigenvalue weighted by atomic mass is 35.5. The fraction of sp³-hybridized carbons (Fsp3) is 0.0625. The molecule has 0 aliphatic carbocycles. The molecule has 0 radical (unpaired) electrons. The second kappa shape index (κ2) is 5.27. The lowest BCUT2D eigenvalue weighted by Gasteiger charge is -2.01. The van der Waals surface area contributed by atoms with Crippen LogP contribution in [0.3, 0.4) is 0 Å². The van der Waals surface area contributed by atoms with Crippen molar-refractivity contribution in [3.8, 4) is 11.4 Å². The summed E-state index contributed by atoms with van der Waals surface area (Å²) in [6.45, 7) is 0.609. The largest absolute Gasteiger partial charge is 0.472 e. The number of pyridine rings is 1. The van der Waals surface area contributed by atoms with E-state index < -0.39 is 0 Å². The van der Waals surface area contributed by atoms with E-state index >= 15 is 0 Å². The third-order valence-electron chi connectivity index (χ3n) is 3.40. The summed E-state index contributed by atoms with van der Waals surface area (Å²) in [4.78, 5) is 4.59. The van der Waals surface area contributed by atoms with E-state index in [1.165, 1.54) is 0 Å². The third-order valence-corrected chi connectivity index (χ3v) is 3.70. The van der Waals surface area contributed by atoms with E-state index in [0.717, 1.165) is 22.2 Å². The molecule has 108 valence electrons. The summed E-state index contributed by atoms with van der Waals surface area (Å²) in [5, 5.41) is 9.93. The maximum Gasteiger partial charge on any atom is 0.131 e. The molecule has 4 aromatic rings. The zero-order valence-corrected chi connectivity index (χ0v) is 12.2. The van der Waals surface area contributed by atoms with Gasteiger partial charge in [0, 0.05) is 10.9 Å². The Balaban J connectivity index is 1.70.